The van der Waals surface area contributed by atoms with E-state index in [1.165, 1.54) is 122 Å². The monoisotopic (exact) mass is 881 g/mol. The normalized spacial score (nSPS) is 12.5. The molecule has 0 aromatic carbocycles. The van der Waals surface area contributed by atoms with Crippen LogP contribution in [0.3, 0.4) is 0 Å². The molecule has 0 aromatic heterocycles. The fourth-order valence-corrected chi connectivity index (χ4v) is 7.49. The first-order chi connectivity index (χ1) is 31.0. The van der Waals surface area contributed by atoms with Crippen LogP contribution in [0.25, 0.3) is 0 Å². The lowest BCUT2D eigenvalue weighted by atomic mass is 10.0. The Kier molecular flexibility index (Phi) is 49.4. The van der Waals surface area contributed by atoms with E-state index in [1.54, 1.807) is 0 Å². The average molecular weight is 881 g/mol. The Balaban J connectivity index is 4.38. The smallest absolute Gasteiger partial charge is 0.306 e. The lowest BCUT2D eigenvalue weighted by molar-refractivity contribution is -0.167. The third-order valence-electron chi connectivity index (χ3n) is 11.5. The van der Waals surface area contributed by atoms with E-state index in [2.05, 4.69) is 81.5 Å². The second-order valence-corrected chi connectivity index (χ2v) is 17.8. The van der Waals surface area contributed by atoms with Gasteiger partial charge in [0.05, 0.1) is 0 Å². The molecule has 0 aromatic rings. The Morgan fingerprint density at radius 3 is 1.00 bits per heavy atom. The minimum Gasteiger partial charge on any atom is -0.462 e. The van der Waals surface area contributed by atoms with Crippen LogP contribution in [-0.2, 0) is 28.6 Å². The summed E-state index contributed by atoms with van der Waals surface area (Å²) >= 11 is 0. The molecule has 0 heterocycles. The molecule has 0 aliphatic carbocycles. The van der Waals surface area contributed by atoms with Gasteiger partial charge < -0.3 is 14.2 Å². The number of carbonyl (C=O) groups excluding carboxylic acids is 3. The summed E-state index contributed by atoms with van der Waals surface area (Å²) in [5, 5.41) is 0. The van der Waals surface area contributed by atoms with Crippen molar-refractivity contribution in [3.05, 3.63) is 60.8 Å². The van der Waals surface area contributed by atoms with Crippen molar-refractivity contribution >= 4 is 17.9 Å². The summed E-state index contributed by atoms with van der Waals surface area (Å²) in [5.74, 6) is -0.896. The summed E-state index contributed by atoms with van der Waals surface area (Å²) in [4.78, 5) is 38.0. The van der Waals surface area contributed by atoms with E-state index in [0.29, 0.717) is 19.3 Å². The van der Waals surface area contributed by atoms with E-state index in [-0.39, 0.29) is 31.1 Å². The predicted octanol–water partition coefficient (Wildman–Crippen LogP) is 17.6. The van der Waals surface area contributed by atoms with Crippen molar-refractivity contribution in [3.63, 3.8) is 0 Å². The van der Waals surface area contributed by atoms with E-state index >= 15 is 0 Å². The first kappa shape index (κ1) is 60.1. The van der Waals surface area contributed by atoms with Crippen molar-refractivity contribution in [1.82, 2.24) is 0 Å². The molecule has 0 saturated carbocycles. The maximum atomic E-state index is 12.8. The molecule has 0 fully saturated rings. The number of ether oxygens (including phenoxy) is 3. The van der Waals surface area contributed by atoms with Gasteiger partial charge in [-0.2, -0.15) is 0 Å². The minimum absolute atomic E-state index is 0.0800. The van der Waals surface area contributed by atoms with Crippen molar-refractivity contribution in [2.24, 2.45) is 0 Å². The number of rotatable bonds is 48. The van der Waals surface area contributed by atoms with Gasteiger partial charge in [-0.25, -0.2) is 0 Å². The number of hydrogen-bond acceptors (Lipinski definition) is 6. The minimum atomic E-state index is -0.781. The highest BCUT2D eigenvalue weighted by atomic mass is 16.6. The zero-order valence-electron chi connectivity index (χ0n) is 41.6. The molecule has 0 bridgehead atoms. The van der Waals surface area contributed by atoms with E-state index < -0.39 is 6.10 Å². The van der Waals surface area contributed by atoms with E-state index in [4.69, 9.17) is 14.2 Å². The quantitative estimate of drug-likeness (QED) is 0.0262. The molecule has 0 radical (unpaired) electrons. The summed E-state index contributed by atoms with van der Waals surface area (Å²) in [5.41, 5.74) is 0. The molecule has 364 valence electrons. The Bertz CT molecular complexity index is 1150. The first-order valence-corrected chi connectivity index (χ1v) is 26.8. The highest BCUT2D eigenvalue weighted by Gasteiger charge is 2.19. The molecule has 0 aliphatic rings. The fraction of sp³-hybridized carbons (Fsp3) is 0.772. The van der Waals surface area contributed by atoms with Gasteiger partial charge in [0.1, 0.15) is 13.2 Å². The summed E-state index contributed by atoms with van der Waals surface area (Å²) in [7, 11) is 0. The van der Waals surface area contributed by atoms with Crippen LogP contribution in [0.2, 0.25) is 0 Å². The van der Waals surface area contributed by atoms with Gasteiger partial charge in [-0.3, -0.25) is 14.4 Å². The van der Waals surface area contributed by atoms with Crippen LogP contribution in [0.1, 0.15) is 265 Å². The first-order valence-electron chi connectivity index (χ1n) is 26.8. The van der Waals surface area contributed by atoms with Gasteiger partial charge in [-0.05, 0) is 83.5 Å². The molecular weight excluding hydrogens is 781 g/mol. The number of carbonyl (C=O) groups is 3. The number of allylic oxidation sites excluding steroid dienone is 10. The van der Waals surface area contributed by atoms with Crippen molar-refractivity contribution < 1.29 is 28.6 Å². The molecule has 6 heteroatoms. The van der Waals surface area contributed by atoms with Gasteiger partial charge in [-0.1, -0.05) is 223 Å². The van der Waals surface area contributed by atoms with Gasteiger partial charge in [0.2, 0.25) is 0 Å². The van der Waals surface area contributed by atoms with Gasteiger partial charge in [-0.15, -0.1) is 0 Å². The standard InChI is InChI=1S/C57H100O6/c1-4-7-10-13-16-19-22-25-26-27-28-29-30-33-35-38-41-44-47-50-56(59)62-53-54(63-57(60)51-48-45-42-39-36-32-24-21-18-15-12-9-6-3)52-61-55(58)49-46-43-40-37-34-31-23-20-17-14-11-8-5-2/h7,10,16,19,21,24-26,28-29,54H,4-6,8-9,11-15,17-18,20,22-23,27,30-53H2,1-3H3/b10-7-,19-16-,24-21-,26-25-,29-28-. The highest BCUT2D eigenvalue weighted by molar-refractivity contribution is 5.71. The van der Waals surface area contributed by atoms with Crippen LogP contribution in [0.5, 0.6) is 0 Å². The van der Waals surface area contributed by atoms with Crippen molar-refractivity contribution in [3.8, 4) is 0 Å². The third kappa shape index (κ3) is 50.0. The van der Waals surface area contributed by atoms with Gasteiger partial charge in [0.25, 0.3) is 0 Å². The van der Waals surface area contributed by atoms with E-state index in [9.17, 15) is 14.4 Å². The molecule has 6 nitrogen and oxygen atoms in total. The highest BCUT2D eigenvalue weighted by Crippen LogP contribution is 2.15. The van der Waals surface area contributed by atoms with Gasteiger partial charge in [0.15, 0.2) is 6.10 Å². The van der Waals surface area contributed by atoms with Crippen LogP contribution >= 0.6 is 0 Å². The molecule has 63 heavy (non-hydrogen) atoms. The Labute approximate surface area is 390 Å². The van der Waals surface area contributed by atoms with Crippen molar-refractivity contribution in [2.75, 3.05) is 13.2 Å². The van der Waals surface area contributed by atoms with Gasteiger partial charge in [0, 0.05) is 19.3 Å². The summed E-state index contributed by atoms with van der Waals surface area (Å²) < 4.78 is 16.8. The van der Waals surface area contributed by atoms with Gasteiger partial charge >= 0.3 is 17.9 Å². The average Bonchev–Trinajstić information content (AvgIpc) is 3.28. The van der Waals surface area contributed by atoms with Crippen LogP contribution in [0.4, 0.5) is 0 Å². The molecule has 0 amide bonds. The predicted molar refractivity (Wildman–Crippen MR) is 270 cm³/mol. The SMILES string of the molecule is CC/C=C\C/C=C\C/C=C\C/C=C\CCCCCCCCC(=O)OCC(COC(=O)CCCCCCCCCCCCCCC)OC(=O)CCCCCCC/C=C\CCCCCC. The number of unbranched alkanes of at least 4 members (excludes halogenated alkanes) is 27. The molecule has 0 spiro atoms. The molecule has 1 atom stereocenters. The van der Waals surface area contributed by atoms with E-state index in [1.807, 2.05) is 0 Å². The Hall–Kier alpha value is -2.89. The van der Waals surface area contributed by atoms with Crippen LogP contribution < -0.4 is 0 Å². The van der Waals surface area contributed by atoms with Crippen molar-refractivity contribution in [1.29, 1.82) is 0 Å². The fourth-order valence-electron chi connectivity index (χ4n) is 7.49. The maximum absolute atomic E-state index is 12.8. The topological polar surface area (TPSA) is 78.9 Å². The van der Waals surface area contributed by atoms with E-state index in [0.717, 1.165) is 103 Å². The molecule has 0 saturated heterocycles. The van der Waals surface area contributed by atoms with Crippen LogP contribution in [0.15, 0.2) is 60.8 Å². The zero-order valence-corrected chi connectivity index (χ0v) is 41.6. The lowest BCUT2D eigenvalue weighted by Gasteiger charge is -2.18. The zero-order chi connectivity index (χ0) is 45.8. The maximum Gasteiger partial charge on any atom is 0.306 e. The third-order valence-corrected chi connectivity index (χ3v) is 11.5. The largest absolute Gasteiger partial charge is 0.462 e. The number of hydrogen-bond donors (Lipinski definition) is 0. The molecule has 0 aliphatic heterocycles. The summed E-state index contributed by atoms with van der Waals surface area (Å²) in [6.07, 6.45) is 63.4. The molecule has 0 N–H and O–H groups in total. The molecular formula is C57H100O6. The van der Waals surface area contributed by atoms with Crippen molar-refractivity contribution in [2.45, 2.75) is 271 Å². The van der Waals surface area contributed by atoms with Crippen LogP contribution in [-0.4, -0.2) is 37.2 Å². The van der Waals surface area contributed by atoms with Crippen LogP contribution in [0, 0.1) is 0 Å². The second-order valence-electron chi connectivity index (χ2n) is 17.8. The lowest BCUT2D eigenvalue weighted by Crippen LogP contribution is -2.30. The summed E-state index contributed by atoms with van der Waals surface area (Å²) in [6, 6.07) is 0. The second kappa shape index (κ2) is 51.7. The molecule has 0 rings (SSSR count). The Morgan fingerprint density at radius 2 is 0.619 bits per heavy atom. The number of esters is 3. The summed E-state index contributed by atoms with van der Waals surface area (Å²) in [6.45, 7) is 6.50. The Morgan fingerprint density at radius 1 is 0.333 bits per heavy atom. The molecule has 1 unspecified atom stereocenters.